The van der Waals surface area contributed by atoms with Crippen molar-refractivity contribution < 1.29 is 10.2 Å². The summed E-state index contributed by atoms with van der Waals surface area (Å²) in [5, 5.41) is 21.4. The molecule has 31 heavy (non-hydrogen) atoms. The molecule has 2 heteroatoms. The maximum atomic E-state index is 10.8. The van der Waals surface area contributed by atoms with Crippen molar-refractivity contribution in [3.63, 3.8) is 0 Å². The molecule has 5 aliphatic carbocycles. The van der Waals surface area contributed by atoms with E-state index in [-0.39, 0.29) is 16.9 Å². The third-order valence-corrected chi connectivity index (χ3v) is 12.9. The molecule has 0 aromatic heterocycles. The van der Waals surface area contributed by atoms with Gasteiger partial charge in [-0.2, -0.15) is 0 Å². The van der Waals surface area contributed by atoms with Crippen LogP contribution in [-0.4, -0.2) is 22.9 Å². The summed E-state index contributed by atoms with van der Waals surface area (Å²) in [5.74, 6) is 3.87. The smallest absolute Gasteiger partial charge is 0.0594 e. The Morgan fingerprint density at radius 3 is 2.10 bits per heavy atom. The maximum Gasteiger partial charge on any atom is 0.0594 e. The van der Waals surface area contributed by atoms with Gasteiger partial charge < -0.3 is 10.2 Å². The van der Waals surface area contributed by atoms with Gasteiger partial charge in [0, 0.05) is 6.61 Å². The van der Waals surface area contributed by atoms with Crippen LogP contribution in [0.1, 0.15) is 112 Å². The first-order valence-electron chi connectivity index (χ1n) is 13.7. The number of rotatable bonds is 1. The molecular formula is C29H50O2. The molecule has 0 radical (unpaired) electrons. The Morgan fingerprint density at radius 1 is 0.677 bits per heavy atom. The summed E-state index contributed by atoms with van der Waals surface area (Å²) in [6, 6.07) is 0. The average molecular weight is 431 g/mol. The van der Waals surface area contributed by atoms with E-state index in [0.29, 0.717) is 28.8 Å². The van der Waals surface area contributed by atoms with Crippen LogP contribution in [0.4, 0.5) is 0 Å². The molecule has 0 heterocycles. The maximum absolute atomic E-state index is 10.8. The molecule has 9 unspecified atom stereocenters. The van der Waals surface area contributed by atoms with Crippen molar-refractivity contribution in [2.24, 2.45) is 56.7 Å². The van der Waals surface area contributed by atoms with Gasteiger partial charge in [0.2, 0.25) is 0 Å². The summed E-state index contributed by atoms with van der Waals surface area (Å²) in [6.45, 7) is 15.4. The Kier molecular flexibility index (Phi) is 5.10. The van der Waals surface area contributed by atoms with Gasteiger partial charge in [-0.15, -0.1) is 0 Å². The monoisotopic (exact) mass is 430 g/mol. The van der Waals surface area contributed by atoms with Crippen molar-refractivity contribution in [2.45, 2.75) is 118 Å². The Morgan fingerprint density at radius 2 is 1.39 bits per heavy atom. The summed E-state index contributed by atoms with van der Waals surface area (Å²) in [5.41, 5.74) is 1.55. The SMILES string of the molecule is CC1(C)CCC2(CO)CCC3C(CCC4C3(C)CCC3C(C)(C)C(O)CCC34C)C2C1. The van der Waals surface area contributed by atoms with E-state index < -0.39 is 0 Å². The molecular weight excluding hydrogens is 380 g/mol. The van der Waals surface area contributed by atoms with E-state index in [1.807, 2.05) is 0 Å². The minimum Gasteiger partial charge on any atom is -0.396 e. The lowest BCUT2D eigenvalue weighted by Crippen LogP contribution is -2.64. The molecule has 5 rings (SSSR count). The van der Waals surface area contributed by atoms with Crippen LogP contribution in [0.3, 0.4) is 0 Å². The predicted molar refractivity (Wildman–Crippen MR) is 128 cm³/mol. The highest BCUT2D eigenvalue weighted by Crippen LogP contribution is 2.73. The zero-order valence-electron chi connectivity index (χ0n) is 21.3. The first kappa shape index (κ1) is 22.7. The highest BCUT2D eigenvalue weighted by Gasteiger charge is 2.66. The zero-order valence-corrected chi connectivity index (χ0v) is 21.3. The van der Waals surface area contributed by atoms with E-state index in [9.17, 15) is 10.2 Å². The minimum atomic E-state index is -0.129. The Bertz CT molecular complexity index is 712. The van der Waals surface area contributed by atoms with Gasteiger partial charge in [-0.1, -0.05) is 41.5 Å². The fraction of sp³-hybridized carbons (Fsp3) is 1.00. The second-order valence-electron chi connectivity index (χ2n) is 14.9. The molecule has 0 spiro atoms. The molecule has 0 saturated heterocycles. The van der Waals surface area contributed by atoms with Crippen LogP contribution in [0.15, 0.2) is 0 Å². The van der Waals surface area contributed by atoms with E-state index in [1.165, 1.54) is 64.2 Å². The molecule has 0 bridgehead atoms. The molecule has 2 nitrogen and oxygen atoms in total. The lowest BCUT2D eigenvalue weighted by Gasteiger charge is -2.70. The van der Waals surface area contributed by atoms with Crippen LogP contribution in [0.2, 0.25) is 0 Å². The highest BCUT2D eigenvalue weighted by atomic mass is 16.3. The zero-order chi connectivity index (χ0) is 22.4. The normalized spacial score (nSPS) is 55.4. The van der Waals surface area contributed by atoms with Crippen molar-refractivity contribution in [1.82, 2.24) is 0 Å². The lowest BCUT2D eigenvalue weighted by molar-refractivity contribution is -0.224. The predicted octanol–water partition coefficient (Wildman–Crippen LogP) is 6.83. The molecule has 178 valence electrons. The fourth-order valence-electron chi connectivity index (χ4n) is 11.1. The van der Waals surface area contributed by atoms with Gasteiger partial charge in [0.1, 0.15) is 0 Å². The Labute approximate surface area is 192 Å². The molecule has 0 aromatic rings. The van der Waals surface area contributed by atoms with Crippen LogP contribution >= 0.6 is 0 Å². The quantitative estimate of drug-likeness (QED) is 0.478. The Hall–Kier alpha value is -0.0800. The van der Waals surface area contributed by atoms with Gasteiger partial charge >= 0.3 is 0 Å². The van der Waals surface area contributed by atoms with Crippen LogP contribution in [-0.2, 0) is 0 Å². The molecule has 0 amide bonds. The molecule has 2 N–H and O–H groups in total. The van der Waals surface area contributed by atoms with Gasteiger partial charge in [0.25, 0.3) is 0 Å². The summed E-state index contributed by atoms with van der Waals surface area (Å²) in [6.07, 6.45) is 14.0. The van der Waals surface area contributed by atoms with Crippen LogP contribution in [0.25, 0.3) is 0 Å². The average Bonchev–Trinajstić information content (AvgIpc) is 2.70. The summed E-state index contributed by atoms with van der Waals surface area (Å²) < 4.78 is 0. The molecule has 5 saturated carbocycles. The molecule has 0 aliphatic heterocycles. The summed E-state index contributed by atoms with van der Waals surface area (Å²) in [7, 11) is 0. The minimum absolute atomic E-state index is 0.0528. The van der Waals surface area contributed by atoms with Crippen LogP contribution in [0.5, 0.6) is 0 Å². The van der Waals surface area contributed by atoms with Crippen molar-refractivity contribution in [3.05, 3.63) is 0 Å². The van der Waals surface area contributed by atoms with Crippen molar-refractivity contribution in [3.8, 4) is 0 Å². The van der Waals surface area contributed by atoms with Crippen molar-refractivity contribution in [2.75, 3.05) is 6.61 Å². The fourth-order valence-corrected chi connectivity index (χ4v) is 11.1. The van der Waals surface area contributed by atoms with Gasteiger partial charge in [-0.3, -0.25) is 0 Å². The lowest BCUT2D eigenvalue weighted by atomic mass is 9.35. The topological polar surface area (TPSA) is 40.5 Å². The van der Waals surface area contributed by atoms with E-state index in [0.717, 1.165) is 30.1 Å². The van der Waals surface area contributed by atoms with E-state index in [4.69, 9.17) is 0 Å². The van der Waals surface area contributed by atoms with Crippen LogP contribution < -0.4 is 0 Å². The van der Waals surface area contributed by atoms with Gasteiger partial charge in [-0.05, 0) is 127 Å². The molecule has 5 fully saturated rings. The third kappa shape index (κ3) is 3.02. The largest absolute Gasteiger partial charge is 0.396 e. The van der Waals surface area contributed by atoms with E-state index in [2.05, 4.69) is 41.5 Å². The highest BCUT2D eigenvalue weighted by molar-refractivity contribution is 5.15. The summed E-state index contributed by atoms with van der Waals surface area (Å²) in [4.78, 5) is 0. The molecule has 0 aromatic carbocycles. The van der Waals surface area contributed by atoms with Crippen LogP contribution in [0, 0.1) is 56.7 Å². The second-order valence-corrected chi connectivity index (χ2v) is 14.9. The van der Waals surface area contributed by atoms with Gasteiger partial charge in [0.05, 0.1) is 6.10 Å². The standard InChI is InChI=1S/C29H50O2/c1-25(2)15-16-29(18-30)14-9-20-19(21(29)17-25)7-8-23-27(20,5)12-10-22-26(3,4)24(31)11-13-28(22,23)6/h19-24,30-31H,7-18H2,1-6H3. The van der Waals surface area contributed by atoms with Gasteiger partial charge in [-0.25, -0.2) is 0 Å². The number of fused-ring (bicyclic) bond motifs is 7. The van der Waals surface area contributed by atoms with E-state index in [1.54, 1.807) is 0 Å². The first-order chi connectivity index (χ1) is 14.4. The van der Waals surface area contributed by atoms with Crippen molar-refractivity contribution >= 4 is 0 Å². The number of hydrogen-bond donors (Lipinski definition) is 2. The summed E-state index contributed by atoms with van der Waals surface area (Å²) >= 11 is 0. The molecule has 9 atom stereocenters. The van der Waals surface area contributed by atoms with Crippen molar-refractivity contribution in [1.29, 1.82) is 0 Å². The number of hydrogen-bond acceptors (Lipinski definition) is 2. The second kappa shape index (κ2) is 6.97. The number of aliphatic hydroxyl groups excluding tert-OH is 2. The van der Waals surface area contributed by atoms with Gasteiger partial charge in [0.15, 0.2) is 0 Å². The Balaban J connectivity index is 1.48. The third-order valence-electron chi connectivity index (χ3n) is 12.9. The number of aliphatic hydroxyl groups is 2. The van der Waals surface area contributed by atoms with E-state index >= 15 is 0 Å². The first-order valence-corrected chi connectivity index (χ1v) is 13.7. The molecule has 5 aliphatic rings.